The Hall–Kier alpha value is -6.56. The molecule has 1 fully saturated rings. The van der Waals surface area contributed by atoms with E-state index in [9.17, 15) is 27.6 Å². The maximum absolute atomic E-state index is 14.5. The Kier molecular flexibility index (Phi) is 10.7. The highest BCUT2D eigenvalue weighted by Gasteiger charge is 2.33. The van der Waals surface area contributed by atoms with Crippen molar-refractivity contribution in [3.63, 3.8) is 0 Å². The van der Waals surface area contributed by atoms with Crippen LogP contribution in [0.4, 0.5) is 24.5 Å². The molecule has 304 valence electrons. The number of rotatable bonds is 10. The molecule has 2 aliphatic heterocycles. The molecule has 0 radical (unpaired) electrons. The summed E-state index contributed by atoms with van der Waals surface area (Å²) in [5.74, 6) is 0.0505. The lowest BCUT2D eigenvalue weighted by Crippen LogP contribution is -2.51. The normalized spacial score (nSPS) is 14.0. The Morgan fingerprint density at radius 1 is 1.02 bits per heavy atom. The van der Waals surface area contributed by atoms with E-state index in [0.717, 1.165) is 33.8 Å². The number of anilines is 2. The van der Waals surface area contributed by atoms with Crippen LogP contribution in [0.3, 0.4) is 0 Å². The Balaban J connectivity index is 1.10. The molecule has 4 aromatic heterocycles. The molecule has 59 heavy (non-hydrogen) atoms. The fraction of sp³-hybridized carbons (Fsp3) is 0.300. The monoisotopic (exact) mass is 828 g/mol. The molecule has 0 spiro atoms. The predicted octanol–water partition coefficient (Wildman–Crippen LogP) is 5.40. The second kappa shape index (κ2) is 16.0. The first-order valence-electron chi connectivity index (χ1n) is 18.7. The van der Waals surface area contributed by atoms with Crippen LogP contribution in [0.15, 0.2) is 71.9 Å². The summed E-state index contributed by atoms with van der Waals surface area (Å²) in [7, 11) is 0. The molecule has 2 aliphatic rings. The number of aromatic nitrogens is 7. The highest BCUT2D eigenvalue weighted by Crippen LogP contribution is 2.34. The van der Waals surface area contributed by atoms with Gasteiger partial charge in [-0.05, 0) is 43.2 Å². The van der Waals surface area contributed by atoms with Gasteiger partial charge in [0.1, 0.15) is 25.2 Å². The number of hydrogen-bond acceptors (Lipinski definition) is 11. The van der Waals surface area contributed by atoms with E-state index in [1.54, 1.807) is 22.6 Å². The van der Waals surface area contributed by atoms with Gasteiger partial charge in [-0.25, -0.2) is 15.0 Å². The van der Waals surface area contributed by atoms with E-state index >= 15 is 0 Å². The topological polar surface area (TPSA) is 162 Å². The van der Waals surface area contributed by atoms with Crippen molar-refractivity contribution in [1.29, 1.82) is 0 Å². The fourth-order valence-electron chi connectivity index (χ4n) is 7.16. The van der Waals surface area contributed by atoms with Gasteiger partial charge in [0.25, 0.3) is 11.5 Å². The number of pyridine rings is 1. The summed E-state index contributed by atoms with van der Waals surface area (Å²) in [6, 6.07) is 14.0. The molecule has 1 N–H and O–H groups in total. The van der Waals surface area contributed by atoms with Gasteiger partial charge in [0, 0.05) is 49.9 Å². The lowest BCUT2D eigenvalue weighted by Gasteiger charge is -2.36. The third kappa shape index (κ3) is 7.86. The number of piperazine rings is 1. The maximum atomic E-state index is 14.5. The smallest absolute Gasteiger partial charge is 0.416 e. The number of nitrogens with zero attached hydrogens (tertiary/aromatic N) is 9. The molecule has 6 heterocycles. The Morgan fingerprint density at radius 2 is 1.80 bits per heavy atom. The highest BCUT2D eigenvalue weighted by atomic mass is 35.5. The van der Waals surface area contributed by atoms with E-state index < -0.39 is 29.8 Å². The molecule has 2 aromatic carbocycles. The largest absolute Gasteiger partial charge is 0.485 e. The van der Waals surface area contributed by atoms with Crippen molar-refractivity contribution >= 4 is 40.6 Å². The molecule has 0 saturated carbocycles. The summed E-state index contributed by atoms with van der Waals surface area (Å²) in [4.78, 5) is 63.2. The SMILES string of the molecule is CCc1c(N2CCN(C(=O)c3ncnc(C)c3OCc3ccccc3)CC2)c(=O)n2nc(-c3cnc4c(c3)CCO4)nc2n1CC(=O)Nc1ccc(C(F)(F)F)cc1Cl. The Morgan fingerprint density at radius 3 is 2.53 bits per heavy atom. The summed E-state index contributed by atoms with van der Waals surface area (Å²) >= 11 is 6.17. The van der Waals surface area contributed by atoms with Gasteiger partial charge in [0.05, 0.1) is 34.3 Å². The quantitative estimate of drug-likeness (QED) is 0.188. The average molecular weight is 829 g/mol. The lowest BCUT2D eigenvalue weighted by molar-refractivity contribution is -0.137. The van der Waals surface area contributed by atoms with Gasteiger partial charge in [-0.2, -0.15) is 22.7 Å². The number of benzene rings is 2. The first kappa shape index (κ1) is 39.3. The van der Waals surface area contributed by atoms with Crippen molar-refractivity contribution in [2.45, 2.75) is 46.0 Å². The van der Waals surface area contributed by atoms with E-state index in [4.69, 9.17) is 26.1 Å². The first-order chi connectivity index (χ1) is 28.4. The van der Waals surface area contributed by atoms with Crippen LogP contribution in [0.5, 0.6) is 11.6 Å². The third-order valence-corrected chi connectivity index (χ3v) is 10.4. The van der Waals surface area contributed by atoms with E-state index in [1.807, 2.05) is 48.2 Å². The van der Waals surface area contributed by atoms with E-state index in [2.05, 4.69) is 25.4 Å². The minimum atomic E-state index is -4.62. The van der Waals surface area contributed by atoms with Gasteiger partial charge in [0.15, 0.2) is 17.3 Å². The van der Waals surface area contributed by atoms with Crippen molar-refractivity contribution in [2.24, 2.45) is 0 Å². The molecule has 8 rings (SSSR count). The predicted molar refractivity (Wildman–Crippen MR) is 210 cm³/mol. The molecule has 1 saturated heterocycles. The van der Waals surface area contributed by atoms with Crippen LogP contribution in [0.25, 0.3) is 17.2 Å². The summed E-state index contributed by atoms with van der Waals surface area (Å²) in [5.41, 5.74) is 2.18. The molecule has 6 aromatic rings. The van der Waals surface area contributed by atoms with Crippen LogP contribution in [-0.4, -0.2) is 83.6 Å². The number of ether oxygens (including phenoxy) is 2. The van der Waals surface area contributed by atoms with Gasteiger partial charge < -0.3 is 29.2 Å². The zero-order chi connectivity index (χ0) is 41.4. The number of hydrogen-bond donors (Lipinski definition) is 1. The molecule has 0 bridgehead atoms. The molecule has 19 heteroatoms. The lowest BCUT2D eigenvalue weighted by atomic mass is 10.1. The Bertz CT molecular complexity index is 2650. The van der Waals surface area contributed by atoms with E-state index in [-0.39, 0.29) is 84.6 Å². The fourth-order valence-corrected chi connectivity index (χ4v) is 7.39. The number of nitrogens with one attached hydrogen (secondary N) is 1. The van der Waals surface area contributed by atoms with Crippen LogP contribution in [0, 0.1) is 6.92 Å². The third-order valence-electron chi connectivity index (χ3n) is 10.1. The van der Waals surface area contributed by atoms with E-state index in [1.165, 1.54) is 6.33 Å². The van der Waals surface area contributed by atoms with Crippen molar-refractivity contribution in [2.75, 3.05) is 43.0 Å². The number of fused-ring (bicyclic) bond motifs is 2. The molecule has 15 nitrogen and oxygen atoms in total. The molecule has 0 unspecified atom stereocenters. The molecule has 0 aliphatic carbocycles. The second-order valence-electron chi connectivity index (χ2n) is 13.9. The molecule has 0 atom stereocenters. The van der Waals surface area contributed by atoms with E-state index in [0.29, 0.717) is 35.9 Å². The molecule has 2 amide bonds. The number of aryl methyl sites for hydroxylation is 1. The van der Waals surface area contributed by atoms with Gasteiger partial charge in [-0.15, -0.1) is 5.10 Å². The zero-order valence-corrected chi connectivity index (χ0v) is 32.5. The summed E-state index contributed by atoms with van der Waals surface area (Å²) in [6.45, 7) is 4.80. The number of carbonyl (C=O) groups is 2. The van der Waals surface area contributed by atoms with Gasteiger partial charge >= 0.3 is 6.18 Å². The van der Waals surface area contributed by atoms with Crippen molar-refractivity contribution in [1.82, 2.24) is 39.0 Å². The average Bonchev–Trinajstić information content (AvgIpc) is 3.90. The minimum Gasteiger partial charge on any atom is -0.485 e. The first-order valence-corrected chi connectivity index (χ1v) is 19.1. The van der Waals surface area contributed by atoms with Crippen LogP contribution in [0.1, 0.15) is 45.5 Å². The van der Waals surface area contributed by atoms with Crippen molar-refractivity contribution in [3.8, 4) is 23.0 Å². The standard InChI is InChI=1S/C40H36ClF3N10O5/c1-3-30-33(51-12-14-52(15-13-51)37(56)32-34(23(2)46-22-47-32)59-21-24-7-5-4-6-8-24)38(57)54-39(49-35(50-54)26-17-25-11-16-58-36(25)45-19-26)53(30)20-31(55)48-29-10-9-27(18-28(29)41)40(42,43)44/h4-10,17-19,22H,3,11-16,20-21H2,1-2H3,(H,48,55). The van der Waals surface area contributed by atoms with Gasteiger partial charge in [-0.1, -0.05) is 48.9 Å². The number of halogens is 4. The molecular formula is C40H36ClF3N10O5. The number of amides is 2. The summed E-state index contributed by atoms with van der Waals surface area (Å²) < 4.78 is 54.2. The maximum Gasteiger partial charge on any atom is 0.416 e. The van der Waals surface area contributed by atoms with Crippen LogP contribution < -0.4 is 25.2 Å². The molecular weight excluding hydrogens is 793 g/mol. The number of carbonyl (C=O) groups excluding carboxylic acids is 2. The zero-order valence-electron chi connectivity index (χ0n) is 31.8. The Labute approximate surface area is 339 Å². The summed E-state index contributed by atoms with van der Waals surface area (Å²) in [5, 5.41) is 6.89. The summed E-state index contributed by atoms with van der Waals surface area (Å²) in [6.07, 6.45) is -0.847. The van der Waals surface area contributed by atoms with Gasteiger partial charge in [-0.3, -0.25) is 14.4 Å². The second-order valence-corrected chi connectivity index (χ2v) is 14.3. The van der Waals surface area contributed by atoms with Crippen molar-refractivity contribution < 1.29 is 32.2 Å². The van der Waals surface area contributed by atoms with Crippen molar-refractivity contribution in [3.05, 3.63) is 116 Å². The van der Waals surface area contributed by atoms with Crippen LogP contribution in [-0.2, 0) is 37.0 Å². The minimum absolute atomic E-state index is 0.0260. The van der Waals surface area contributed by atoms with Gasteiger partial charge in [0.2, 0.25) is 17.6 Å². The van der Waals surface area contributed by atoms with Crippen LogP contribution in [0.2, 0.25) is 5.02 Å². The number of alkyl halides is 3. The highest BCUT2D eigenvalue weighted by molar-refractivity contribution is 6.33. The van der Waals surface area contributed by atoms with Crippen LogP contribution >= 0.6 is 11.6 Å².